The van der Waals surface area contributed by atoms with E-state index in [2.05, 4.69) is 0 Å². The molecule has 0 saturated carbocycles. The summed E-state index contributed by atoms with van der Waals surface area (Å²) >= 11 is 0. The van der Waals surface area contributed by atoms with Crippen LogP contribution in [0.4, 0.5) is 22.7 Å². The van der Waals surface area contributed by atoms with Gasteiger partial charge in [0, 0.05) is 0 Å². The van der Waals surface area contributed by atoms with Crippen LogP contribution in [0.1, 0.15) is 0 Å². The number of nitro benzene ring substituents is 4. The Hall–Kier alpha value is -4.36. The van der Waals surface area contributed by atoms with Crippen LogP contribution < -0.4 is 9.47 Å². The van der Waals surface area contributed by atoms with Crippen molar-refractivity contribution in [2.24, 2.45) is 0 Å². The largest absolute Gasteiger partial charge is 0.496 e. The van der Waals surface area contributed by atoms with E-state index in [1.54, 1.807) is 0 Å². The Morgan fingerprint density at radius 2 is 0.786 bits per heavy atom. The van der Waals surface area contributed by atoms with Crippen LogP contribution in [-0.4, -0.2) is 33.9 Å². The van der Waals surface area contributed by atoms with E-state index >= 15 is 0 Å². The molecule has 0 spiro atoms. The van der Waals surface area contributed by atoms with E-state index in [0.717, 1.165) is 38.5 Å². The molecule has 0 atom stereocenters. The molecule has 0 N–H and O–H groups in total. The maximum atomic E-state index is 11.5. The van der Waals surface area contributed by atoms with E-state index in [9.17, 15) is 40.5 Å². The van der Waals surface area contributed by atoms with Gasteiger partial charge in [0.05, 0.1) is 58.2 Å². The van der Waals surface area contributed by atoms with Gasteiger partial charge in [-0.1, -0.05) is 0 Å². The SMILES string of the molecule is COc1cc([N+](=O)[O-])c(-c2c([N+](=O)[O-])cc(OC)cc2[N+](=O)[O-])c([N+](=O)[O-])c1. The number of methoxy groups -OCH3 is 2. The van der Waals surface area contributed by atoms with E-state index in [-0.39, 0.29) is 11.5 Å². The molecule has 0 fully saturated rings. The Bertz CT molecular complexity index is 868. The van der Waals surface area contributed by atoms with Crippen molar-refractivity contribution in [3.8, 4) is 22.6 Å². The number of hydrogen-bond donors (Lipinski definition) is 0. The zero-order chi connectivity index (χ0) is 21.2. The Balaban J connectivity index is 3.14. The zero-order valence-corrected chi connectivity index (χ0v) is 14.2. The second kappa shape index (κ2) is 7.48. The molecule has 2 rings (SSSR count). The number of nitrogens with zero attached hydrogens (tertiary/aromatic N) is 4. The molecule has 0 aliphatic rings. The van der Waals surface area contributed by atoms with Gasteiger partial charge in [0.25, 0.3) is 22.7 Å². The lowest BCUT2D eigenvalue weighted by atomic mass is 9.97. The summed E-state index contributed by atoms with van der Waals surface area (Å²) in [6.45, 7) is 0. The highest BCUT2D eigenvalue weighted by atomic mass is 16.6. The van der Waals surface area contributed by atoms with E-state index in [1.807, 2.05) is 0 Å². The van der Waals surface area contributed by atoms with Gasteiger partial charge in [0.2, 0.25) is 0 Å². The van der Waals surface area contributed by atoms with Crippen LogP contribution in [0, 0.1) is 40.5 Å². The van der Waals surface area contributed by atoms with Crippen molar-refractivity contribution in [2.75, 3.05) is 14.2 Å². The van der Waals surface area contributed by atoms with E-state index in [1.165, 1.54) is 0 Å². The molecule has 0 saturated heterocycles. The average molecular weight is 394 g/mol. The van der Waals surface area contributed by atoms with Crippen LogP contribution in [0.5, 0.6) is 11.5 Å². The van der Waals surface area contributed by atoms with Crippen molar-refractivity contribution in [3.63, 3.8) is 0 Å². The highest BCUT2D eigenvalue weighted by Gasteiger charge is 2.39. The Labute approximate surface area is 154 Å². The van der Waals surface area contributed by atoms with Crippen molar-refractivity contribution >= 4 is 22.7 Å². The molecule has 0 aromatic heterocycles. The monoisotopic (exact) mass is 394 g/mol. The summed E-state index contributed by atoms with van der Waals surface area (Å²) < 4.78 is 9.56. The fraction of sp³-hybridized carbons (Fsp3) is 0.143. The molecule has 0 unspecified atom stereocenters. The maximum Gasteiger partial charge on any atom is 0.288 e. The summed E-state index contributed by atoms with van der Waals surface area (Å²) in [4.78, 5) is 41.7. The predicted octanol–water partition coefficient (Wildman–Crippen LogP) is 3.00. The van der Waals surface area contributed by atoms with Crippen LogP contribution >= 0.6 is 0 Å². The van der Waals surface area contributed by atoms with Gasteiger partial charge in [0.1, 0.15) is 11.5 Å². The third-order valence-corrected chi connectivity index (χ3v) is 3.65. The molecule has 0 heterocycles. The van der Waals surface area contributed by atoms with Crippen LogP contribution in [0.3, 0.4) is 0 Å². The van der Waals surface area contributed by atoms with Gasteiger partial charge < -0.3 is 9.47 Å². The summed E-state index contributed by atoms with van der Waals surface area (Å²) in [6, 6.07) is 3.11. The fourth-order valence-corrected chi connectivity index (χ4v) is 2.50. The van der Waals surface area contributed by atoms with Crippen molar-refractivity contribution in [1.82, 2.24) is 0 Å². The molecule has 0 aliphatic heterocycles. The number of rotatable bonds is 7. The minimum Gasteiger partial charge on any atom is -0.496 e. The Morgan fingerprint density at radius 1 is 0.571 bits per heavy atom. The van der Waals surface area contributed by atoms with Crippen LogP contribution in [0.25, 0.3) is 11.1 Å². The van der Waals surface area contributed by atoms with E-state index in [0.29, 0.717) is 0 Å². The number of nitro groups is 4. The molecule has 0 amide bonds. The second-order valence-electron chi connectivity index (χ2n) is 5.11. The first-order chi connectivity index (χ1) is 13.1. The lowest BCUT2D eigenvalue weighted by Crippen LogP contribution is -2.04. The zero-order valence-electron chi connectivity index (χ0n) is 14.2. The topological polar surface area (TPSA) is 191 Å². The molecule has 2 aromatic carbocycles. The minimum atomic E-state index is -1.05. The molecule has 0 bridgehead atoms. The number of ether oxygens (including phenoxy) is 2. The molecule has 14 heteroatoms. The summed E-state index contributed by atoms with van der Waals surface area (Å²) in [7, 11) is 2.20. The van der Waals surface area contributed by atoms with Gasteiger partial charge in [-0.2, -0.15) is 0 Å². The summed E-state index contributed by atoms with van der Waals surface area (Å²) in [5.41, 5.74) is -5.66. The van der Waals surface area contributed by atoms with Crippen LogP contribution in [0.15, 0.2) is 24.3 Å². The van der Waals surface area contributed by atoms with Gasteiger partial charge in [-0.15, -0.1) is 0 Å². The molecule has 2 aromatic rings. The Kier molecular flexibility index (Phi) is 5.33. The summed E-state index contributed by atoms with van der Waals surface area (Å²) in [5.74, 6) is -0.554. The van der Waals surface area contributed by atoms with Crippen molar-refractivity contribution in [3.05, 3.63) is 64.7 Å². The van der Waals surface area contributed by atoms with Gasteiger partial charge in [-0.05, 0) is 0 Å². The third kappa shape index (κ3) is 3.46. The maximum absolute atomic E-state index is 11.5. The normalized spacial score (nSPS) is 10.2. The highest BCUT2D eigenvalue weighted by molar-refractivity contribution is 5.94. The quantitative estimate of drug-likeness (QED) is 0.498. The van der Waals surface area contributed by atoms with Crippen molar-refractivity contribution < 1.29 is 29.2 Å². The first-order valence-corrected chi connectivity index (χ1v) is 7.14. The van der Waals surface area contributed by atoms with Crippen molar-refractivity contribution in [2.45, 2.75) is 0 Å². The highest BCUT2D eigenvalue weighted by Crippen LogP contribution is 2.49. The molecule has 146 valence electrons. The van der Waals surface area contributed by atoms with Gasteiger partial charge in [-0.25, -0.2) is 0 Å². The fourth-order valence-electron chi connectivity index (χ4n) is 2.50. The summed E-state index contributed by atoms with van der Waals surface area (Å²) in [5, 5.41) is 45.9. The smallest absolute Gasteiger partial charge is 0.288 e. The third-order valence-electron chi connectivity index (χ3n) is 3.65. The van der Waals surface area contributed by atoms with E-state index < -0.39 is 53.6 Å². The standard InChI is InChI=1S/C14H10N4O10/c1-27-7-3-9(15(19)20)13(10(4-7)16(21)22)14-11(17(23)24)5-8(28-2)6-12(14)18(25)26/h3-6H,1-2H3. The molecule has 0 radical (unpaired) electrons. The molecule has 14 nitrogen and oxygen atoms in total. The lowest BCUT2D eigenvalue weighted by molar-refractivity contribution is -0.397. The van der Waals surface area contributed by atoms with Gasteiger partial charge in [0.15, 0.2) is 11.1 Å². The minimum absolute atomic E-state index is 0.277. The molecule has 0 aliphatic carbocycles. The first-order valence-electron chi connectivity index (χ1n) is 7.14. The lowest BCUT2D eigenvalue weighted by Gasteiger charge is -2.09. The van der Waals surface area contributed by atoms with E-state index in [4.69, 9.17) is 9.47 Å². The second-order valence-corrected chi connectivity index (χ2v) is 5.11. The predicted molar refractivity (Wildman–Crippen MR) is 91.6 cm³/mol. The molecule has 28 heavy (non-hydrogen) atoms. The summed E-state index contributed by atoms with van der Waals surface area (Å²) in [6.07, 6.45) is 0. The van der Waals surface area contributed by atoms with Crippen LogP contribution in [-0.2, 0) is 0 Å². The molecular formula is C14H10N4O10. The molecular weight excluding hydrogens is 384 g/mol. The Morgan fingerprint density at radius 3 is 0.929 bits per heavy atom. The number of hydrogen-bond acceptors (Lipinski definition) is 10. The average Bonchev–Trinajstić information content (AvgIpc) is 2.65. The van der Waals surface area contributed by atoms with Gasteiger partial charge >= 0.3 is 0 Å². The number of benzene rings is 2. The first kappa shape index (κ1) is 20.0. The van der Waals surface area contributed by atoms with Crippen LogP contribution in [0.2, 0.25) is 0 Å². The van der Waals surface area contributed by atoms with Gasteiger partial charge in [-0.3, -0.25) is 40.5 Å². The van der Waals surface area contributed by atoms with Crippen molar-refractivity contribution in [1.29, 1.82) is 0 Å².